The second kappa shape index (κ2) is 4.00. The summed E-state index contributed by atoms with van der Waals surface area (Å²) < 4.78 is 5.63. The smallest absolute Gasteiger partial charge is 0.256 e. The number of ether oxygens (including phenoxy) is 1. The van der Waals surface area contributed by atoms with Crippen LogP contribution in [0.5, 0.6) is 0 Å². The van der Waals surface area contributed by atoms with Crippen LogP contribution in [0, 0.1) is 0 Å². The van der Waals surface area contributed by atoms with E-state index >= 15 is 0 Å². The highest BCUT2D eigenvalue weighted by atomic mass is 16.5. The Morgan fingerprint density at radius 1 is 1.35 bits per heavy atom. The fourth-order valence-electron chi connectivity index (χ4n) is 2.57. The topological polar surface area (TPSA) is 42.1 Å². The van der Waals surface area contributed by atoms with Gasteiger partial charge in [-0.3, -0.25) is 4.79 Å². The first kappa shape index (κ1) is 10.5. The quantitative estimate of drug-likeness (QED) is 0.816. The van der Waals surface area contributed by atoms with E-state index in [1.807, 2.05) is 24.3 Å². The molecular weight excluding hydrogens is 214 g/mol. The first-order chi connectivity index (χ1) is 8.31. The molecule has 3 rings (SSSR count). The van der Waals surface area contributed by atoms with Crippen LogP contribution in [0.3, 0.4) is 0 Å². The fraction of sp³-hybridized carbons (Fsp3) is 0.357. The maximum Gasteiger partial charge on any atom is 0.256 e. The predicted octanol–water partition coefficient (Wildman–Crippen LogP) is 2.55. The van der Waals surface area contributed by atoms with E-state index in [1.54, 1.807) is 0 Å². The largest absolute Gasteiger partial charge is 0.376 e. The molecule has 0 amide bonds. The summed E-state index contributed by atoms with van der Waals surface area (Å²) in [7, 11) is 0. The van der Waals surface area contributed by atoms with Crippen LogP contribution >= 0.6 is 0 Å². The monoisotopic (exact) mass is 229 g/mol. The van der Waals surface area contributed by atoms with E-state index in [4.69, 9.17) is 4.74 Å². The Morgan fingerprint density at radius 3 is 2.88 bits per heavy atom. The molecule has 17 heavy (non-hydrogen) atoms. The van der Waals surface area contributed by atoms with Gasteiger partial charge in [0.25, 0.3) is 5.56 Å². The Kier molecular flexibility index (Phi) is 2.48. The molecule has 2 heterocycles. The SMILES string of the molecule is CCC1COCc2c1[nH]c(=O)c1ccccc21. The van der Waals surface area contributed by atoms with Gasteiger partial charge in [-0.05, 0) is 17.9 Å². The van der Waals surface area contributed by atoms with Crippen LogP contribution in [0.25, 0.3) is 10.8 Å². The van der Waals surface area contributed by atoms with Crippen molar-refractivity contribution in [3.8, 4) is 0 Å². The summed E-state index contributed by atoms with van der Waals surface area (Å²) in [6.07, 6.45) is 0.987. The maximum atomic E-state index is 12.0. The molecule has 0 spiro atoms. The van der Waals surface area contributed by atoms with E-state index in [0.717, 1.165) is 28.5 Å². The number of nitrogens with one attached hydrogen (secondary N) is 1. The second-order valence-electron chi connectivity index (χ2n) is 4.51. The number of fused-ring (bicyclic) bond motifs is 3. The van der Waals surface area contributed by atoms with E-state index < -0.39 is 0 Å². The first-order valence-electron chi connectivity index (χ1n) is 6.02. The Hall–Kier alpha value is -1.61. The Morgan fingerprint density at radius 2 is 2.12 bits per heavy atom. The summed E-state index contributed by atoms with van der Waals surface area (Å²) in [4.78, 5) is 15.1. The Labute approximate surface area is 99.4 Å². The van der Waals surface area contributed by atoms with Crippen molar-refractivity contribution >= 4 is 10.8 Å². The number of hydrogen-bond donors (Lipinski definition) is 1. The van der Waals surface area contributed by atoms with Gasteiger partial charge in [0, 0.05) is 22.6 Å². The first-order valence-corrected chi connectivity index (χ1v) is 6.02. The lowest BCUT2D eigenvalue weighted by Crippen LogP contribution is -2.23. The van der Waals surface area contributed by atoms with E-state index in [9.17, 15) is 4.79 Å². The number of rotatable bonds is 1. The lowest BCUT2D eigenvalue weighted by atomic mass is 9.93. The third-order valence-electron chi connectivity index (χ3n) is 3.54. The molecule has 1 atom stereocenters. The van der Waals surface area contributed by atoms with Crippen molar-refractivity contribution in [2.24, 2.45) is 0 Å². The lowest BCUT2D eigenvalue weighted by molar-refractivity contribution is 0.0890. The molecule has 1 unspecified atom stereocenters. The van der Waals surface area contributed by atoms with Crippen LogP contribution in [0.4, 0.5) is 0 Å². The predicted molar refractivity (Wildman–Crippen MR) is 67.3 cm³/mol. The number of pyridine rings is 1. The minimum atomic E-state index is 0.0136. The van der Waals surface area contributed by atoms with Gasteiger partial charge in [0.2, 0.25) is 0 Å². The molecule has 1 N–H and O–H groups in total. The summed E-state index contributed by atoms with van der Waals surface area (Å²) in [6.45, 7) is 3.43. The van der Waals surface area contributed by atoms with Crippen molar-refractivity contribution in [3.05, 3.63) is 45.9 Å². The van der Waals surface area contributed by atoms with Crippen LogP contribution in [0.1, 0.15) is 30.5 Å². The van der Waals surface area contributed by atoms with Crippen molar-refractivity contribution in [2.75, 3.05) is 6.61 Å². The molecule has 3 nitrogen and oxygen atoms in total. The van der Waals surface area contributed by atoms with Gasteiger partial charge in [0.15, 0.2) is 0 Å². The van der Waals surface area contributed by atoms with Gasteiger partial charge in [0.05, 0.1) is 13.2 Å². The molecule has 1 aliphatic heterocycles. The summed E-state index contributed by atoms with van der Waals surface area (Å²) in [5, 5.41) is 1.79. The van der Waals surface area contributed by atoms with Gasteiger partial charge < -0.3 is 9.72 Å². The van der Waals surface area contributed by atoms with Crippen molar-refractivity contribution in [1.82, 2.24) is 4.98 Å². The molecule has 0 radical (unpaired) electrons. The van der Waals surface area contributed by atoms with Gasteiger partial charge in [-0.2, -0.15) is 0 Å². The number of benzene rings is 1. The Balaban J connectivity index is 2.36. The van der Waals surface area contributed by atoms with Gasteiger partial charge in [-0.25, -0.2) is 0 Å². The zero-order valence-corrected chi connectivity index (χ0v) is 9.82. The van der Waals surface area contributed by atoms with Gasteiger partial charge >= 0.3 is 0 Å². The number of hydrogen-bond acceptors (Lipinski definition) is 2. The normalized spacial score (nSPS) is 19.2. The lowest BCUT2D eigenvalue weighted by Gasteiger charge is -2.25. The number of aromatic nitrogens is 1. The van der Waals surface area contributed by atoms with E-state index in [1.165, 1.54) is 0 Å². The summed E-state index contributed by atoms with van der Waals surface area (Å²) >= 11 is 0. The van der Waals surface area contributed by atoms with Crippen LogP contribution in [0.2, 0.25) is 0 Å². The van der Waals surface area contributed by atoms with Gasteiger partial charge in [-0.1, -0.05) is 25.1 Å². The van der Waals surface area contributed by atoms with Crippen LogP contribution in [-0.4, -0.2) is 11.6 Å². The average Bonchev–Trinajstić information content (AvgIpc) is 2.39. The van der Waals surface area contributed by atoms with Gasteiger partial charge in [0.1, 0.15) is 0 Å². The van der Waals surface area contributed by atoms with E-state index in [2.05, 4.69) is 11.9 Å². The molecule has 88 valence electrons. The van der Waals surface area contributed by atoms with Gasteiger partial charge in [-0.15, -0.1) is 0 Å². The van der Waals surface area contributed by atoms with Crippen molar-refractivity contribution in [1.29, 1.82) is 0 Å². The summed E-state index contributed by atoms with van der Waals surface area (Å²) in [6, 6.07) is 7.73. The molecule has 1 aromatic carbocycles. The molecule has 2 aromatic rings. The third kappa shape index (κ3) is 1.58. The zero-order chi connectivity index (χ0) is 11.8. The van der Waals surface area contributed by atoms with E-state index in [0.29, 0.717) is 19.1 Å². The molecule has 0 aliphatic carbocycles. The average molecular weight is 229 g/mol. The zero-order valence-electron chi connectivity index (χ0n) is 9.82. The minimum Gasteiger partial charge on any atom is -0.376 e. The Bertz CT molecular complexity index is 615. The number of aromatic amines is 1. The molecule has 1 aliphatic rings. The molecule has 0 saturated heterocycles. The summed E-state index contributed by atoms with van der Waals surface area (Å²) in [5.74, 6) is 0.316. The number of H-pyrrole nitrogens is 1. The molecule has 1 aromatic heterocycles. The highest BCUT2D eigenvalue weighted by Crippen LogP contribution is 2.30. The van der Waals surface area contributed by atoms with Crippen LogP contribution in [-0.2, 0) is 11.3 Å². The van der Waals surface area contributed by atoms with Crippen molar-refractivity contribution < 1.29 is 4.74 Å². The molecule has 0 fully saturated rings. The molecule has 0 bridgehead atoms. The molecular formula is C14H15NO2. The maximum absolute atomic E-state index is 12.0. The highest BCUT2D eigenvalue weighted by Gasteiger charge is 2.22. The third-order valence-corrected chi connectivity index (χ3v) is 3.54. The molecule has 0 saturated carbocycles. The van der Waals surface area contributed by atoms with Crippen LogP contribution < -0.4 is 5.56 Å². The van der Waals surface area contributed by atoms with E-state index in [-0.39, 0.29) is 5.56 Å². The minimum absolute atomic E-state index is 0.0136. The van der Waals surface area contributed by atoms with Crippen molar-refractivity contribution in [2.45, 2.75) is 25.9 Å². The van der Waals surface area contributed by atoms with Crippen molar-refractivity contribution in [3.63, 3.8) is 0 Å². The summed E-state index contributed by atoms with van der Waals surface area (Å²) in [5.41, 5.74) is 2.24. The second-order valence-corrected chi connectivity index (χ2v) is 4.51. The standard InChI is InChI=1S/C14H15NO2/c1-2-9-7-17-8-12-10-5-3-4-6-11(10)14(16)15-13(9)12/h3-6,9H,2,7-8H2,1H3,(H,15,16). The highest BCUT2D eigenvalue weighted by molar-refractivity contribution is 5.85. The van der Waals surface area contributed by atoms with Crippen LogP contribution in [0.15, 0.2) is 29.1 Å². The fourth-order valence-corrected chi connectivity index (χ4v) is 2.57. The molecule has 3 heteroatoms.